The number of aromatic nitrogens is 4. The number of hydrogen-bond acceptors (Lipinski definition) is 5. The Morgan fingerprint density at radius 1 is 0.381 bits per heavy atom. The molecule has 0 saturated carbocycles. The number of fused-ring (bicyclic) bond motifs is 9. The zero-order chi connectivity index (χ0) is 46.7. The number of rotatable bonds is 6. The molecule has 9 aromatic carbocycles. The van der Waals surface area contributed by atoms with E-state index >= 15 is 0 Å². The predicted octanol–water partition coefficient (Wildman–Crippen LogP) is 15.1. The van der Waals surface area contributed by atoms with Crippen molar-refractivity contribution in [2.75, 3.05) is 0 Å². The van der Waals surface area contributed by atoms with E-state index in [1.807, 2.05) is 140 Å². The van der Waals surface area contributed by atoms with E-state index in [0.717, 1.165) is 60.5 Å². The molecule has 0 bridgehead atoms. The van der Waals surface area contributed by atoms with Gasteiger partial charge in [0.15, 0.2) is 17.5 Å². The zero-order valence-corrected chi connectivity index (χ0v) is 33.3. The maximum atomic E-state index is 9.23. The van der Waals surface area contributed by atoms with Crippen LogP contribution in [0, 0.1) is 0 Å². The lowest BCUT2D eigenvalue weighted by atomic mass is 9.95. The minimum Gasteiger partial charge on any atom is -0.456 e. The molecule has 0 amide bonds. The molecular formula is C57H34N4O2. The van der Waals surface area contributed by atoms with Gasteiger partial charge in [-0.25, -0.2) is 15.0 Å². The fourth-order valence-corrected chi connectivity index (χ4v) is 8.96. The highest BCUT2D eigenvalue weighted by Crippen LogP contribution is 2.44. The minimum absolute atomic E-state index is 0.0380. The van der Waals surface area contributed by atoms with Gasteiger partial charge in [-0.1, -0.05) is 158 Å². The molecule has 6 nitrogen and oxygen atoms in total. The van der Waals surface area contributed by atoms with Gasteiger partial charge in [-0.2, -0.15) is 0 Å². The van der Waals surface area contributed by atoms with Crippen molar-refractivity contribution in [1.29, 1.82) is 0 Å². The van der Waals surface area contributed by atoms with Gasteiger partial charge in [0, 0.05) is 60.1 Å². The van der Waals surface area contributed by atoms with Crippen molar-refractivity contribution in [3.63, 3.8) is 0 Å². The van der Waals surface area contributed by atoms with Crippen molar-refractivity contribution in [2.24, 2.45) is 0 Å². The standard InChI is InChI=1S/C57H34N4O2/c1-3-15-35(16-4-1)55-58-56(36-17-5-2-6-18-36)60-57(59-55)45-24-14-28-51-53(45)44-31-29-38(34-52(44)62-51)37-30-32-49(61-47-25-10-7-19-39(47)40-20-8-11-26-48(40)61)46(33-37)43-23-13-22-42-41-21-9-12-27-50(41)63-54(42)43/h1-34H/i7D,8D,19D,20D,25D,26D. The molecule has 6 heteroatoms. The number of para-hydroxylation sites is 4. The van der Waals surface area contributed by atoms with E-state index in [2.05, 4.69) is 18.2 Å². The smallest absolute Gasteiger partial charge is 0.164 e. The van der Waals surface area contributed by atoms with Crippen LogP contribution in [0.5, 0.6) is 0 Å². The van der Waals surface area contributed by atoms with Crippen LogP contribution in [-0.2, 0) is 0 Å². The van der Waals surface area contributed by atoms with Crippen LogP contribution >= 0.6 is 0 Å². The van der Waals surface area contributed by atoms with Crippen LogP contribution in [0.1, 0.15) is 8.22 Å². The molecule has 0 aliphatic rings. The number of benzene rings is 9. The SMILES string of the molecule is [2H]c1cc([2H])c2c(c1[2H])c1c([2H])c([2H])cc([2H])c1n2-c1ccc(-c2ccc3c(c2)oc2cccc(-c4nc(-c5ccccc5)nc(-c5ccccc5)n4)c23)cc1-c1cccc2c1oc1ccccc12. The molecule has 0 atom stereocenters. The molecule has 4 aromatic heterocycles. The van der Waals surface area contributed by atoms with Gasteiger partial charge >= 0.3 is 0 Å². The summed E-state index contributed by atoms with van der Waals surface area (Å²) in [5.74, 6) is 1.64. The van der Waals surface area contributed by atoms with Crippen molar-refractivity contribution >= 4 is 65.7 Å². The van der Waals surface area contributed by atoms with E-state index in [4.69, 9.17) is 29.3 Å². The summed E-state index contributed by atoms with van der Waals surface area (Å²) in [5, 5.41) is 3.99. The average molecular weight is 813 g/mol. The van der Waals surface area contributed by atoms with E-state index < -0.39 is 0 Å². The van der Waals surface area contributed by atoms with Crippen LogP contribution in [0.2, 0.25) is 0 Å². The Bertz CT molecular complexity index is 4150. The van der Waals surface area contributed by atoms with E-state index in [-0.39, 0.29) is 58.1 Å². The molecule has 0 aliphatic carbocycles. The molecule has 294 valence electrons. The summed E-state index contributed by atoms with van der Waals surface area (Å²) in [6, 6.07) is 53.5. The van der Waals surface area contributed by atoms with Crippen molar-refractivity contribution < 1.29 is 17.1 Å². The van der Waals surface area contributed by atoms with Crippen molar-refractivity contribution in [3.05, 3.63) is 206 Å². The molecule has 0 unspecified atom stereocenters. The van der Waals surface area contributed by atoms with Crippen LogP contribution in [0.15, 0.2) is 215 Å². The second-order valence-corrected chi connectivity index (χ2v) is 15.4. The van der Waals surface area contributed by atoms with E-state index in [1.165, 1.54) is 12.1 Å². The summed E-state index contributed by atoms with van der Waals surface area (Å²) in [6.07, 6.45) is 0. The number of nitrogens with zero attached hydrogens (tertiary/aromatic N) is 4. The molecule has 0 saturated heterocycles. The van der Waals surface area contributed by atoms with Crippen LogP contribution in [0.3, 0.4) is 0 Å². The first-order chi connectivity index (χ1) is 33.7. The Labute approximate surface area is 369 Å². The Kier molecular flexibility index (Phi) is 6.56. The third kappa shape index (κ3) is 5.62. The third-order valence-corrected chi connectivity index (χ3v) is 11.8. The second kappa shape index (κ2) is 14.0. The average Bonchev–Trinajstić information content (AvgIpc) is 4.08. The number of furan rings is 2. The summed E-state index contributed by atoms with van der Waals surface area (Å²) in [5.41, 5.74) is 9.50. The first kappa shape index (κ1) is 29.6. The molecule has 0 spiro atoms. The largest absolute Gasteiger partial charge is 0.456 e. The van der Waals surface area contributed by atoms with Crippen LogP contribution in [0.4, 0.5) is 0 Å². The summed E-state index contributed by atoms with van der Waals surface area (Å²) in [6.45, 7) is 0. The van der Waals surface area contributed by atoms with E-state index in [1.54, 1.807) is 4.57 Å². The van der Waals surface area contributed by atoms with Gasteiger partial charge in [0.1, 0.15) is 22.3 Å². The van der Waals surface area contributed by atoms with Gasteiger partial charge in [-0.15, -0.1) is 0 Å². The second-order valence-electron chi connectivity index (χ2n) is 15.4. The van der Waals surface area contributed by atoms with Gasteiger partial charge in [0.25, 0.3) is 0 Å². The van der Waals surface area contributed by atoms with Gasteiger partial charge in [0.2, 0.25) is 0 Å². The van der Waals surface area contributed by atoms with E-state index in [9.17, 15) is 2.74 Å². The first-order valence-electron chi connectivity index (χ1n) is 23.6. The van der Waals surface area contributed by atoms with Gasteiger partial charge in [-0.05, 0) is 59.6 Å². The predicted molar refractivity (Wildman–Crippen MR) is 256 cm³/mol. The maximum Gasteiger partial charge on any atom is 0.164 e. The molecule has 0 N–H and O–H groups in total. The molecular weight excluding hydrogens is 773 g/mol. The Balaban J connectivity index is 1.04. The Morgan fingerprint density at radius 2 is 0.984 bits per heavy atom. The zero-order valence-electron chi connectivity index (χ0n) is 39.3. The molecule has 0 aliphatic heterocycles. The lowest BCUT2D eigenvalue weighted by molar-refractivity contribution is 0.669. The Morgan fingerprint density at radius 3 is 1.73 bits per heavy atom. The minimum atomic E-state index is -0.175. The first-order valence-corrected chi connectivity index (χ1v) is 20.6. The lowest BCUT2D eigenvalue weighted by Crippen LogP contribution is -2.00. The molecule has 4 heterocycles. The highest BCUT2D eigenvalue weighted by molar-refractivity contribution is 6.14. The van der Waals surface area contributed by atoms with Crippen LogP contribution in [-0.4, -0.2) is 19.5 Å². The molecule has 13 rings (SSSR count). The van der Waals surface area contributed by atoms with Gasteiger partial charge < -0.3 is 13.4 Å². The quantitative estimate of drug-likeness (QED) is 0.167. The third-order valence-electron chi connectivity index (χ3n) is 11.8. The maximum absolute atomic E-state index is 9.23. The lowest BCUT2D eigenvalue weighted by Gasteiger charge is -2.16. The highest BCUT2D eigenvalue weighted by atomic mass is 16.3. The summed E-state index contributed by atoms with van der Waals surface area (Å²) < 4.78 is 68.8. The van der Waals surface area contributed by atoms with Gasteiger partial charge in [-0.3, -0.25) is 0 Å². The number of hydrogen-bond donors (Lipinski definition) is 0. The highest BCUT2D eigenvalue weighted by Gasteiger charge is 2.22. The molecule has 0 radical (unpaired) electrons. The monoisotopic (exact) mass is 812 g/mol. The molecule has 63 heavy (non-hydrogen) atoms. The molecule has 0 fully saturated rings. The van der Waals surface area contributed by atoms with Crippen molar-refractivity contribution in [3.8, 4) is 62.1 Å². The normalized spacial score (nSPS) is 13.1. The van der Waals surface area contributed by atoms with Crippen molar-refractivity contribution in [2.45, 2.75) is 0 Å². The fourth-order valence-electron chi connectivity index (χ4n) is 8.96. The van der Waals surface area contributed by atoms with Crippen LogP contribution < -0.4 is 0 Å². The summed E-state index contributed by atoms with van der Waals surface area (Å²) in [4.78, 5) is 15.0. The van der Waals surface area contributed by atoms with Crippen LogP contribution in [0.25, 0.3) is 128 Å². The van der Waals surface area contributed by atoms with Crippen molar-refractivity contribution in [1.82, 2.24) is 19.5 Å². The fraction of sp³-hybridized carbons (Fsp3) is 0. The Hall–Kier alpha value is -8.61. The van der Waals surface area contributed by atoms with E-state index in [0.29, 0.717) is 45.5 Å². The van der Waals surface area contributed by atoms with Gasteiger partial charge in [0.05, 0.1) is 24.9 Å². The summed E-state index contributed by atoms with van der Waals surface area (Å²) in [7, 11) is 0. The molecule has 13 aromatic rings. The summed E-state index contributed by atoms with van der Waals surface area (Å²) >= 11 is 0. The topological polar surface area (TPSA) is 69.9 Å².